The summed E-state index contributed by atoms with van der Waals surface area (Å²) in [6.07, 6.45) is 3.83. The van der Waals surface area contributed by atoms with Gasteiger partial charge in [-0.3, -0.25) is 10.2 Å². The smallest absolute Gasteiger partial charge is 0.235 e. The Morgan fingerprint density at radius 3 is 3.08 bits per heavy atom. The number of aryl methyl sites for hydroxylation is 2. The van der Waals surface area contributed by atoms with Crippen LogP contribution in [-0.2, 0) is 11.3 Å². The van der Waals surface area contributed by atoms with E-state index < -0.39 is 0 Å². The predicted molar refractivity (Wildman–Crippen MR) is 43.9 cm³/mol. The number of amides is 1. The van der Waals surface area contributed by atoms with Gasteiger partial charge in [-0.1, -0.05) is 0 Å². The zero-order chi connectivity index (χ0) is 8.97. The van der Waals surface area contributed by atoms with Gasteiger partial charge >= 0.3 is 0 Å². The van der Waals surface area contributed by atoms with Crippen LogP contribution < -0.4 is 11.3 Å². The highest BCUT2D eigenvalue weighted by Crippen LogP contribution is 1.97. The van der Waals surface area contributed by atoms with Crippen molar-refractivity contribution < 1.29 is 4.79 Å². The topological polar surface area (TPSA) is 72.9 Å². The van der Waals surface area contributed by atoms with Crippen molar-refractivity contribution in [2.45, 2.75) is 19.9 Å². The van der Waals surface area contributed by atoms with Gasteiger partial charge in [-0.15, -0.1) is 0 Å². The molecule has 0 atom stereocenters. The lowest BCUT2D eigenvalue weighted by molar-refractivity contribution is -0.121. The number of nitrogens with zero attached hydrogens (tertiary/aromatic N) is 2. The van der Waals surface area contributed by atoms with Crippen molar-refractivity contribution in [2.75, 3.05) is 0 Å². The summed E-state index contributed by atoms with van der Waals surface area (Å²) in [5.74, 6) is 4.76. The Kier molecular flexibility index (Phi) is 2.82. The van der Waals surface area contributed by atoms with E-state index in [4.69, 9.17) is 5.84 Å². The minimum absolute atomic E-state index is 0.164. The molecular formula is C7H12N4O. The van der Waals surface area contributed by atoms with E-state index >= 15 is 0 Å². The Balaban J connectivity index is 2.43. The van der Waals surface area contributed by atoms with E-state index in [1.165, 1.54) is 0 Å². The Morgan fingerprint density at radius 2 is 2.58 bits per heavy atom. The van der Waals surface area contributed by atoms with Crippen molar-refractivity contribution in [3.63, 3.8) is 0 Å². The van der Waals surface area contributed by atoms with Gasteiger partial charge in [0, 0.05) is 24.9 Å². The highest BCUT2D eigenvalue weighted by atomic mass is 16.2. The molecule has 0 bridgehead atoms. The van der Waals surface area contributed by atoms with Crippen molar-refractivity contribution in [1.82, 2.24) is 15.0 Å². The largest absolute Gasteiger partial charge is 0.334 e. The van der Waals surface area contributed by atoms with Gasteiger partial charge in [-0.2, -0.15) is 0 Å². The van der Waals surface area contributed by atoms with Gasteiger partial charge in [-0.05, 0) is 6.92 Å². The van der Waals surface area contributed by atoms with Crippen LogP contribution in [0.5, 0.6) is 0 Å². The van der Waals surface area contributed by atoms with E-state index in [2.05, 4.69) is 10.4 Å². The molecule has 0 spiro atoms. The SMILES string of the molecule is Cc1cncn1CCC(=O)NN. The molecule has 5 nitrogen and oxygen atoms in total. The first kappa shape index (κ1) is 8.73. The zero-order valence-corrected chi connectivity index (χ0v) is 6.95. The fourth-order valence-electron chi connectivity index (χ4n) is 0.915. The molecule has 0 saturated carbocycles. The minimum Gasteiger partial charge on any atom is -0.334 e. The number of hydrazine groups is 1. The van der Waals surface area contributed by atoms with Gasteiger partial charge in [-0.25, -0.2) is 10.8 Å². The molecule has 0 fully saturated rings. The van der Waals surface area contributed by atoms with E-state index in [1.807, 2.05) is 11.5 Å². The van der Waals surface area contributed by atoms with Gasteiger partial charge < -0.3 is 4.57 Å². The lowest BCUT2D eigenvalue weighted by Crippen LogP contribution is -2.30. The second kappa shape index (κ2) is 3.87. The van der Waals surface area contributed by atoms with Crippen molar-refractivity contribution in [1.29, 1.82) is 0 Å². The van der Waals surface area contributed by atoms with Gasteiger partial charge in [0.25, 0.3) is 0 Å². The minimum atomic E-state index is -0.164. The number of hydrogen-bond donors (Lipinski definition) is 2. The summed E-state index contributed by atoms with van der Waals surface area (Å²) in [5.41, 5.74) is 3.12. The van der Waals surface area contributed by atoms with Crippen LogP contribution >= 0.6 is 0 Å². The molecule has 0 aromatic carbocycles. The molecule has 5 heteroatoms. The molecular weight excluding hydrogens is 156 g/mol. The monoisotopic (exact) mass is 168 g/mol. The van der Waals surface area contributed by atoms with Crippen LogP contribution in [0.15, 0.2) is 12.5 Å². The number of imidazole rings is 1. The number of aromatic nitrogens is 2. The molecule has 0 aliphatic carbocycles. The molecule has 1 amide bonds. The summed E-state index contributed by atoms with van der Waals surface area (Å²) in [7, 11) is 0. The van der Waals surface area contributed by atoms with Crippen molar-refractivity contribution in [3.8, 4) is 0 Å². The maximum Gasteiger partial charge on any atom is 0.235 e. The Morgan fingerprint density at radius 1 is 1.83 bits per heavy atom. The van der Waals surface area contributed by atoms with E-state index in [1.54, 1.807) is 12.5 Å². The predicted octanol–water partition coefficient (Wildman–Crippen LogP) is -0.428. The van der Waals surface area contributed by atoms with Crippen LogP contribution in [-0.4, -0.2) is 15.5 Å². The summed E-state index contributed by atoms with van der Waals surface area (Å²) in [4.78, 5) is 14.7. The molecule has 0 aliphatic heterocycles. The summed E-state index contributed by atoms with van der Waals surface area (Å²) in [6.45, 7) is 2.56. The molecule has 0 saturated heterocycles. The summed E-state index contributed by atoms with van der Waals surface area (Å²) in [5, 5.41) is 0. The van der Waals surface area contributed by atoms with Gasteiger partial charge in [0.05, 0.1) is 6.33 Å². The number of carbonyl (C=O) groups excluding carboxylic acids is 1. The van der Waals surface area contributed by atoms with Crippen LogP contribution in [0, 0.1) is 6.92 Å². The maximum atomic E-state index is 10.7. The van der Waals surface area contributed by atoms with Crippen LogP contribution in [0.1, 0.15) is 12.1 Å². The number of hydrogen-bond acceptors (Lipinski definition) is 3. The fourth-order valence-corrected chi connectivity index (χ4v) is 0.915. The molecule has 0 unspecified atom stereocenters. The number of carbonyl (C=O) groups is 1. The van der Waals surface area contributed by atoms with Gasteiger partial charge in [0.2, 0.25) is 5.91 Å². The van der Waals surface area contributed by atoms with E-state index in [0.29, 0.717) is 13.0 Å². The second-order valence-electron chi connectivity index (χ2n) is 2.55. The van der Waals surface area contributed by atoms with Crippen LogP contribution in [0.25, 0.3) is 0 Å². The summed E-state index contributed by atoms with van der Waals surface area (Å²) >= 11 is 0. The highest BCUT2D eigenvalue weighted by molar-refractivity contribution is 5.75. The third-order valence-electron chi connectivity index (χ3n) is 1.66. The average molecular weight is 168 g/mol. The molecule has 3 N–H and O–H groups in total. The quantitative estimate of drug-likeness (QED) is 0.365. The Hall–Kier alpha value is -1.36. The van der Waals surface area contributed by atoms with Crippen molar-refractivity contribution in [3.05, 3.63) is 18.2 Å². The zero-order valence-electron chi connectivity index (χ0n) is 6.95. The number of nitrogens with one attached hydrogen (secondary N) is 1. The standard InChI is InChI=1S/C7H12N4O/c1-6-4-9-5-11(6)3-2-7(12)10-8/h4-5H,2-3,8H2,1H3,(H,10,12). The van der Waals surface area contributed by atoms with Crippen molar-refractivity contribution in [2.24, 2.45) is 5.84 Å². The molecule has 1 aromatic rings. The molecule has 0 radical (unpaired) electrons. The van der Waals surface area contributed by atoms with Crippen molar-refractivity contribution >= 4 is 5.91 Å². The van der Waals surface area contributed by atoms with Gasteiger partial charge in [0.1, 0.15) is 0 Å². The lowest BCUT2D eigenvalue weighted by Gasteiger charge is -2.02. The average Bonchev–Trinajstić information content (AvgIpc) is 2.47. The van der Waals surface area contributed by atoms with Crippen LogP contribution in [0.4, 0.5) is 0 Å². The molecule has 1 heterocycles. The van der Waals surface area contributed by atoms with E-state index in [-0.39, 0.29) is 5.91 Å². The third-order valence-corrected chi connectivity index (χ3v) is 1.66. The van der Waals surface area contributed by atoms with E-state index in [0.717, 1.165) is 5.69 Å². The number of nitrogens with two attached hydrogens (primary N) is 1. The first-order chi connectivity index (χ1) is 5.74. The first-order valence-electron chi connectivity index (χ1n) is 3.70. The normalized spacial score (nSPS) is 9.83. The summed E-state index contributed by atoms with van der Waals surface area (Å²) in [6, 6.07) is 0. The molecule has 66 valence electrons. The molecule has 12 heavy (non-hydrogen) atoms. The fraction of sp³-hybridized carbons (Fsp3) is 0.429. The Bertz CT molecular complexity index is 268. The Labute approximate surface area is 70.6 Å². The van der Waals surface area contributed by atoms with E-state index in [9.17, 15) is 4.79 Å². The van der Waals surface area contributed by atoms with Crippen LogP contribution in [0.2, 0.25) is 0 Å². The van der Waals surface area contributed by atoms with Gasteiger partial charge in [0.15, 0.2) is 0 Å². The number of rotatable bonds is 3. The molecule has 1 rings (SSSR count). The van der Waals surface area contributed by atoms with Crippen LogP contribution in [0.3, 0.4) is 0 Å². The lowest BCUT2D eigenvalue weighted by atomic mass is 10.4. The second-order valence-corrected chi connectivity index (χ2v) is 2.55. The maximum absolute atomic E-state index is 10.7. The molecule has 0 aliphatic rings. The third kappa shape index (κ3) is 2.06. The summed E-state index contributed by atoms with van der Waals surface area (Å²) < 4.78 is 1.90. The first-order valence-corrected chi connectivity index (χ1v) is 3.70. The molecule has 1 aromatic heterocycles. The highest BCUT2D eigenvalue weighted by Gasteiger charge is 2.00.